The van der Waals surface area contributed by atoms with Crippen LogP contribution in [0.2, 0.25) is 5.15 Å². The molecule has 0 atom stereocenters. The molecule has 14 heteroatoms. The second kappa shape index (κ2) is 9.21. The van der Waals surface area contributed by atoms with Crippen molar-refractivity contribution < 1.29 is 39.5 Å². The second-order valence-electron chi connectivity index (χ2n) is 7.39. The van der Waals surface area contributed by atoms with E-state index in [1.165, 1.54) is 36.4 Å². The third-order valence-corrected chi connectivity index (χ3v) is 7.02. The predicted octanol–water partition coefficient (Wildman–Crippen LogP) is 6.30. The lowest BCUT2D eigenvalue weighted by molar-refractivity contribution is -0.274. The third-order valence-electron chi connectivity index (χ3n) is 4.92. The van der Waals surface area contributed by atoms with Gasteiger partial charge in [0.1, 0.15) is 11.4 Å². The minimum absolute atomic E-state index is 0.0508. The first-order valence-electron chi connectivity index (χ1n) is 9.93. The van der Waals surface area contributed by atoms with E-state index in [1.807, 2.05) is 0 Å². The predicted molar refractivity (Wildman–Crippen MR) is 118 cm³/mol. The Balaban J connectivity index is 1.81. The summed E-state index contributed by atoms with van der Waals surface area (Å²) in [7, 11) is -4.36. The number of nitrogens with zero attached hydrogens (tertiary/aromatic N) is 3. The first kappa shape index (κ1) is 25.6. The maximum Gasteiger partial charge on any atom is 0.573 e. The van der Waals surface area contributed by atoms with Gasteiger partial charge in [-0.2, -0.15) is 13.2 Å². The summed E-state index contributed by atoms with van der Waals surface area (Å²) in [5.74, 6) is -0.885. The maximum atomic E-state index is 13.5. The van der Waals surface area contributed by atoms with Gasteiger partial charge in [-0.05, 0) is 42.0 Å². The summed E-state index contributed by atoms with van der Waals surface area (Å²) in [5.41, 5.74) is -0.850. The Labute approximate surface area is 205 Å². The molecule has 0 aliphatic heterocycles. The fourth-order valence-corrected chi connectivity index (χ4v) is 5.05. The number of rotatable bonds is 6. The van der Waals surface area contributed by atoms with Crippen molar-refractivity contribution in [2.75, 3.05) is 4.31 Å². The number of ether oxygens (including phenoxy) is 1. The zero-order valence-electron chi connectivity index (χ0n) is 17.8. The van der Waals surface area contributed by atoms with Crippen molar-refractivity contribution in [3.8, 4) is 5.75 Å². The summed E-state index contributed by atoms with van der Waals surface area (Å²) < 4.78 is 109. The van der Waals surface area contributed by atoms with E-state index in [0.717, 1.165) is 33.0 Å². The van der Waals surface area contributed by atoms with Crippen LogP contribution in [0.3, 0.4) is 0 Å². The highest BCUT2D eigenvalue weighted by Crippen LogP contribution is 2.35. The number of benzene rings is 2. The first-order valence-corrected chi connectivity index (χ1v) is 11.7. The van der Waals surface area contributed by atoms with Crippen LogP contribution in [0.25, 0.3) is 5.65 Å². The third kappa shape index (κ3) is 5.36. The van der Waals surface area contributed by atoms with Crippen molar-refractivity contribution >= 4 is 33.1 Å². The van der Waals surface area contributed by atoms with Crippen molar-refractivity contribution in [2.45, 2.75) is 24.0 Å². The van der Waals surface area contributed by atoms with E-state index in [9.17, 15) is 34.8 Å². The molecule has 0 aliphatic rings. The second-order valence-corrected chi connectivity index (χ2v) is 9.61. The summed E-state index contributed by atoms with van der Waals surface area (Å²) in [4.78, 5) is 3.97. The van der Waals surface area contributed by atoms with Crippen LogP contribution in [0.5, 0.6) is 5.75 Å². The van der Waals surface area contributed by atoms with Gasteiger partial charge in [0.25, 0.3) is 10.0 Å². The summed E-state index contributed by atoms with van der Waals surface area (Å²) in [6.07, 6.45) is -8.91. The Morgan fingerprint density at radius 1 is 0.917 bits per heavy atom. The highest BCUT2D eigenvalue weighted by Gasteiger charge is 2.34. The van der Waals surface area contributed by atoms with Crippen LogP contribution < -0.4 is 9.04 Å². The number of imidazole rings is 1. The van der Waals surface area contributed by atoms with Gasteiger partial charge in [-0.25, -0.2) is 17.7 Å². The molecule has 0 fully saturated rings. The molecule has 2 heterocycles. The van der Waals surface area contributed by atoms with Crippen LogP contribution in [-0.4, -0.2) is 24.2 Å². The van der Waals surface area contributed by atoms with Crippen molar-refractivity contribution in [1.82, 2.24) is 9.38 Å². The summed E-state index contributed by atoms with van der Waals surface area (Å²) >= 11 is 6.31. The molecule has 6 nitrogen and oxygen atoms in total. The van der Waals surface area contributed by atoms with Gasteiger partial charge in [-0.15, -0.1) is 13.2 Å². The zero-order chi connectivity index (χ0) is 26.3. The van der Waals surface area contributed by atoms with Crippen LogP contribution in [0.4, 0.5) is 32.2 Å². The SMILES string of the molecule is O=S(=O)(c1ccccc1)N(Cc1ccc(OC(F)(F)F)cc1)c1nc2ccc(C(F)(F)F)cn2c1Cl. The number of hydrogen-bond acceptors (Lipinski definition) is 4. The van der Waals surface area contributed by atoms with Gasteiger partial charge >= 0.3 is 12.5 Å². The van der Waals surface area contributed by atoms with Gasteiger partial charge in [0.05, 0.1) is 17.0 Å². The van der Waals surface area contributed by atoms with E-state index < -0.39 is 45.6 Å². The highest BCUT2D eigenvalue weighted by molar-refractivity contribution is 7.92. The van der Waals surface area contributed by atoms with Gasteiger partial charge in [0, 0.05) is 6.20 Å². The normalized spacial score (nSPS) is 12.6. The van der Waals surface area contributed by atoms with E-state index in [4.69, 9.17) is 11.6 Å². The standard InChI is InChI=1S/C22H14ClF6N3O3S/c23-19-20(30-18-11-8-15(13-31(18)19)21(24,25)26)32(36(33,34)17-4-2-1-3-5-17)12-14-6-9-16(10-7-14)35-22(27,28)29/h1-11,13H,12H2. The number of aromatic nitrogens is 2. The lowest BCUT2D eigenvalue weighted by Gasteiger charge is -2.23. The number of pyridine rings is 1. The summed E-state index contributed by atoms with van der Waals surface area (Å²) in [6, 6.07) is 13.3. The van der Waals surface area contributed by atoms with Gasteiger partial charge in [-0.1, -0.05) is 41.9 Å². The fourth-order valence-electron chi connectivity index (χ4n) is 3.29. The van der Waals surface area contributed by atoms with Crippen LogP contribution in [0.1, 0.15) is 11.1 Å². The van der Waals surface area contributed by atoms with E-state index >= 15 is 0 Å². The Morgan fingerprint density at radius 3 is 2.14 bits per heavy atom. The Bertz CT molecular complexity index is 1490. The molecule has 36 heavy (non-hydrogen) atoms. The molecule has 2 aromatic carbocycles. The highest BCUT2D eigenvalue weighted by atomic mass is 35.5. The number of fused-ring (bicyclic) bond motifs is 1. The molecule has 0 bridgehead atoms. The van der Waals surface area contributed by atoms with Gasteiger partial charge in [0.15, 0.2) is 11.0 Å². The minimum atomic E-state index is -4.91. The van der Waals surface area contributed by atoms with Crippen LogP contribution in [-0.2, 0) is 22.7 Å². The average molecular weight is 550 g/mol. The lowest BCUT2D eigenvalue weighted by Crippen LogP contribution is -2.31. The largest absolute Gasteiger partial charge is 0.573 e. The van der Waals surface area contributed by atoms with Crippen LogP contribution in [0.15, 0.2) is 77.8 Å². The molecule has 2 aromatic heterocycles. The molecule has 190 valence electrons. The van der Waals surface area contributed by atoms with Crippen molar-refractivity contribution in [3.05, 3.63) is 89.2 Å². The summed E-state index contributed by atoms with van der Waals surface area (Å²) in [6.45, 7) is -0.445. The van der Waals surface area contributed by atoms with Gasteiger partial charge in [-0.3, -0.25) is 4.40 Å². The molecule has 0 amide bonds. The van der Waals surface area contributed by atoms with E-state index in [1.54, 1.807) is 6.07 Å². The van der Waals surface area contributed by atoms with Gasteiger partial charge < -0.3 is 4.74 Å². The molecular weight excluding hydrogens is 536 g/mol. The molecule has 4 rings (SSSR count). The van der Waals surface area contributed by atoms with E-state index in [0.29, 0.717) is 6.20 Å². The minimum Gasteiger partial charge on any atom is -0.406 e. The maximum absolute atomic E-state index is 13.5. The molecule has 0 saturated heterocycles. The zero-order valence-corrected chi connectivity index (χ0v) is 19.3. The molecule has 0 spiro atoms. The van der Waals surface area contributed by atoms with Crippen molar-refractivity contribution in [3.63, 3.8) is 0 Å². The number of sulfonamides is 1. The molecule has 0 saturated carbocycles. The number of anilines is 1. The molecule has 0 aliphatic carbocycles. The van der Waals surface area contributed by atoms with Crippen LogP contribution in [0, 0.1) is 0 Å². The Hall–Kier alpha value is -3.45. The molecule has 0 radical (unpaired) electrons. The number of halogens is 7. The molecule has 0 unspecified atom stereocenters. The quantitative estimate of drug-likeness (QED) is 0.265. The smallest absolute Gasteiger partial charge is 0.406 e. The van der Waals surface area contributed by atoms with Crippen molar-refractivity contribution in [1.29, 1.82) is 0 Å². The van der Waals surface area contributed by atoms with Crippen LogP contribution >= 0.6 is 11.6 Å². The molecule has 0 N–H and O–H groups in total. The van der Waals surface area contributed by atoms with Crippen molar-refractivity contribution in [2.24, 2.45) is 0 Å². The average Bonchev–Trinajstić information content (AvgIpc) is 3.13. The Morgan fingerprint density at radius 2 is 1.56 bits per heavy atom. The Kier molecular flexibility index (Phi) is 6.56. The van der Waals surface area contributed by atoms with E-state index in [-0.39, 0.29) is 21.9 Å². The monoisotopic (exact) mass is 549 g/mol. The molecule has 4 aromatic rings. The summed E-state index contributed by atoms with van der Waals surface area (Å²) in [5, 5.41) is -0.410. The fraction of sp³-hybridized carbons (Fsp3) is 0.136. The number of hydrogen-bond donors (Lipinski definition) is 0. The first-order chi connectivity index (χ1) is 16.8. The lowest BCUT2D eigenvalue weighted by atomic mass is 10.2. The topological polar surface area (TPSA) is 63.9 Å². The number of alkyl halides is 6. The molecular formula is C22H14ClF6N3O3S. The van der Waals surface area contributed by atoms with E-state index in [2.05, 4.69) is 9.72 Å². The van der Waals surface area contributed by atoms with Gasteiger partial charge in [0.2, 0.25) is 0 Å².